The van der Waals surface area contributed by atoms with Crippen LogP contribution in [0.25, 0.3) is 0 Å². The number of ether oxygens (including phenoxy) is 1. The molecule has 0 saturated heterocycles. The number of rotatable bonds is 3. The first-order valence-electron chi connectivity index (χ1n) is 4.28. The highest BCUT2D eigenvalue weighted by atomic mass is 32.1. The molecule has 0 amide bonds. The number of benzene rings is 1. The average molecular weight is 294 g/mol. The maximum absolute atomic E-state index is 12.8. The molecule has 0 bridgehead atoms. The van der Waals surface area contributed by atoms with Gasteiger partial charge in [-0.2, -0.15) is 30.7 Å². The number of hydrogen-bond donors (Lipinski definition) is 1. The lowest BCUT2D eigenvalue weighted by Crippen LogP contribution is -2.55. The third-order valence-electron chi connectivity index (χ3n) is 1.82. The quantitative estimate of drug-likeness (QED) is 0.651. The van der Waals surface area contributed by atoms with E-state index in [0.717, 1.165) is 18.2 Å². The van der Waals surface area contributed by atoms with Crippen LogP contribution in [0.2, 0.25) is 0 Å². The first-order valence-corrected chi connectivity index (χ1v) is 4.73. The maximum atomic E-state index is 12.8. The summed E-state index contributed by atoms with van der Waals surface area (Å²) in [5.74, 6) is -7.19. The van der Waals surface area contributed by atoms with Crippen molar-refractivity contribution in [1.82, 2.24) is 0 Å². The van der Waals surface area contributed by atoms with Crippen LogP contribution in [0.15, 0.2) is 29.2 Å². The van der Waals surface area contributed by atoms with E-state index in [-0.39, 0.29) is 4.90 Å². The molecule has 1 aromatic carbocycles. The molecular weight excluding hydrogens is 289 g/mol. The predicted molar refractivity (Wildman–Crippen MR) is 50.3 cm³/mol. The van der Waals surface area contributed by atoms with E-state index in [0.29, 0.717) is 0 Å². The van der Waals surface area contributed by atoms with Gasteiger partial charge in [0.1, 0.15) is 5.75 Å². The van der Waals surface area contributed by atoms with Crippen molar-refractivity contribution in [2.24, 2.45) is 0 Å². The lowest BCUT2D eigenvalue weighted by atomic mass is 10.3. The minimum Gasteiger partial charge on any atom is -0.427 e. The fraction of sp³-hybridized carbons (Fsp3) is 0.333. The van der Waals surface area contributed by atoms with E-state index < -0.39 is 24.0 Å². The molecule has 1 aromatic rings. The number of hydrogen-bond acceptors (Lipinski definition) is 2. The van der Waals surface area contributed by atoms with Gasteiger partial charge in [0, 0.05) is 4.90 Å². The van der Waals surface area contributed by atoms with Crippen LogP contribution in [0, 0.1) is 0 Å². The fourth-order valence-electron chi connectivity index (χ4n) is 0.911. The number of alkyl halides is 7. The highest BCUT2D eigenvalue weighted by Gasteiger charge is 2.75. The molecule has 0 N–H and O–H groups in total. The minimum absolute atomic E-state index is 0.296. The van der Waals surface area contributed by atoms with Crippen LogP contribution >= 0.6 is 12.6 Å². The Morgan fingerprint density at radius 1 is 0.889 bits per heavy atom. The third kappa shape index (κ3) is 2.65. The van der Waals surface area contributed by atoms with Crippen molar-refractivity contribution in [3.05, 3.63) is 24.3 Å². The lowest BCUT2D eigenvalue weighted by molar-refractivity contribution is -0.403. The Morgan fingerprint density at radius 3 is 1.83 bits per heavy atom. The van der Waals surface area contributed by atoms with Gasteiger partial charge >= 0.3 is 18.2 Å². The van der Waals surface area contributed by atoms with Gasteiger partial charge in [0.25, 0.3) is 0 Å². The van der Waals surface area contributed by atoms with Gasteiger partial charge in [0.15, 0.2) is 0 Å². The normalized spacial score (nSPS) is 13.6. The van der Waals surface area contributed by atoms with Gasteiger partial charge in [-0.05, 0) is 12.1 Å². The summed E-state index contributed by atoms with van der Waals surface area (Å²) in [6.45, 7) is 0. The molecule has 102 valence electrons. The van der Waals surface area contributed by atoms with Crippen molar-refractivity contribution < 1.29 is 35.5 Å². The standard InChI is InChI=1S/C9H5F7OS/c10-7(11,8(12,13)14)9(15,16)17-5-3-1-2-4-6(5)18/h1-4,18H. The van der Waals surface area contributed by atoms with Crippen molar-refractivity contribution in [1.29, 1.82) is 0 Å². The van der Waals surface area contributed by atoms with E-state index in [1.165, 1.54) is 6.07 Å². The molecule has 0 fully saturated rings. The van der Waals surface area contributed by atoms with Crippen LogP contribution in [-0.2, 0) is 0 Å². The largest absolute Gasteiger partial charge is 0.474 e. The zero-order chi connectivity index (χ0) is 14.2. The first kappa shape index (κ1) is 14.9. The van der Waals surface area contributed by atoms with E-state index in [2.05, 4.69) is 17.4 Å². The molecule has 1 rings (SSSR count). The lowest BCUT2D eigenvalue weighted by Gasteiger charge is -2.28. The molecule has 0 heterocycles. The van der Waals surface area contributed by atoms with Gasteiger partial charge in [0.2, 0.25) is 0 Å². The zero-order valence-corrected chi connectivity index (χ0v) is 9.21. The number of para-hydroxylation sites is 1. The Labute approximate surface area is 102 Å². The summed E-state index contributed by atoms with van der Waals surface area (Å²) in [7, 11) is 0. The van der Waals surface area contributed by atoms with Crippen LogP contribution in [-0.4, -0.2) is 18.2 Å². The Bertz CT molecular complexity index is 429. The summed E-state index contributed by atoms with van der Waals surface area (Å²) in [5.41, 5.74) is 0. The van der Waals surface area contributed by atoms with E-state index in [9.17, 15) is 30.7 Å². The van der Waals surface area contributed by atoms with E-state index in [1.54, 1.807) is 0 Å². The SMILES string of the molecule is FC(F)(F)C(F)(F)C(F)(F)Oc1ccccc1S. The second-order valence-electron chi connectivity index (χ2n) is 3.16. The smallest absolute Gasteiger partial charge is 0.427 e. The number of thiol groups is 1. The van der Waals surface area contributed by atoms with Gasteiger partial charge in [-0.1, -0.05) is 12.1 Å². The average Bonchev–Trinajstić information content (AvgIpc) is 2.19. The summed E-state index contributed by atoms with van der Waals surface area (Å²) in [6, 6.07) is 4.33. The predicted octanol–water partition coefficient (Wildman–Crippen LogP) is 4.14. The monoisotopic (exact) mass is 294 g/mol. The van der Waals surface area contributed by atoms with Crippen LogP contribution in [0.1, 0.15) is 0 Å². The highest BCUT2D eigenvalue weighted by Crippen LogP contribution is 2.47. The molecule has 0 saturated carbocycles. The zero-order valence-electron chi connectivity index (χ0n) is 8.31. The summed E-state index contributed by atoms with van der Waals surface area (Å²) < 4.78 is 89.5. The van der Waals surface area contributed by atoms with E-state index in [4.69, 9.17) is 0 Å². The molecule has 0 aliphatic rings. The topological polar surface area (TPSA) is 9.23 Å². The summed E-state index contributed by atoms with van der Waals surface area (Å²) in [5, 5.41) is 0. The Hall–Kier alpha value is -1.12. The second kappa shape index (κ2) is 4.52. The van der Waals surface area contributed by atoms with Gasteiger partial charge in [-0.3, -0.25) is 0 Å². The molecule has 0 aliphatic carbocycles. The van der Waals surface area contributed by atoms with Crippen LogP contribution in [0.5, 0.6) is 5.75 Å². The molecule has 0 unspecified atom stereocenters. The number of halogens is 7. The van der Waals surface area contributed by atoms with E-state index in [1.807, 2.05) is 0 Å². The van der Waals surface area contributed by atoms with E-state index >= 15 is 0 Å². The highest BCUT2D eigenvalue weighted by molar-refractivity contribution is 7.80. The fourth-order valence-corrected chi connectivity index (χ4v) is 1.12. The van der Waals surface area contributed by atoms with Crippen molar-refractivity contribution in [2.75, 3.05) is 0 Å². The Kier molecular flexibility index (Phi) is 3.75. The van der Waals surface area contributed by atoms with Crippen LogP contribution in [0.3, 0.4) is 0 Å². The first-order chi connectivity index (χ1) is 7.99. The molecule has 0 atom stereocenters. The summed E-state index contributed by atoms with van der Waals surface area (Å²) in [6.07, 6.45) is -12.2. The molecule has 0 radical (unpaired) electrons. The molecule has 18 heavy (non-hydrogen) atoms. The molecule has 1 nitrogen and oxygen atoms in total. The molecule has 0 aromatic heterocycles. The third-order valence-corrected chi connectivity index (χ3v) is 2.19. The molecule has 0 spiro atoms. The Morgan fingerprint density at radius 2 is 1.39 bits per heavy atom. The van der Waals surface area contributed by atoms with Crippen molar-refractivity contribution >= 4 is 12.6 Å². The molecular formula is C9H5F7OS. The van der Waals surface area contributed by atoms with Crippen LogP contribution in [0.4, 0.5) is 30.7 Å². The van der Waals surface area contributed by atoms with Gasteiger partial charge in [0.05, 0.1) is 0 Å². The van der Waals surface area contributed by atoms with Crippen molar-refractivity contribution in [3.63, 3.8) is 0 Å². The summed E-state index contributed by atoms with van der Waals surface area (Å²) >= 11 is 3.59. The van der Waals surface area contributed by atoms with Crippen molar-refractivity contribution in [3.8, 4) is 5.75 Å². The van der Waals surface area contributed by atoms with Crippen molar-refractivity contribution in [2.45, 2.75) is 23.1 Å². The summed E-state index contributed by atoms with van der Waals surface area (Å²) in [4.78, 5) is -0.296. The second-order valence-corrected chi connectivity index (χ2v) is 3.64. The van der Waals surface area contributed by atoms with Crippen LogP contribution < -0.4 is 4.74 Å². The molecule has 9 heteroatoms. The maximum Gasteiger partial charge on any atom is 0.474 e. The Balaban J connectivity index is 3.06. The van der Waals surface area contributed by atoms with Gasteiger partial charge < -0.3 is 4.74 Å². The van der Waals surface area contributed by atoms with Gasteiger partial charge in [-0.25, -0.2) is 0 Å². The minimum atomic E-state index is -6.43. The van der Waals surface area contributed by atoms with Gasteiger partial charge in [-0.15, -0.1) is 12.6 Å². The molecule has 0 aliphatic heterocycles.